The van der Waals surface area contributed by atoms with E-state index in [1.54, 1.807) is 12.1 Å². The van der Waals surface area contributed by atoms with Crippen molar-refractivity contribution in [3.05, 3.63) is 71.0 Å². The lowest BCUT2D eigenvalue weighted by atomic mass is 9.76. The fourth-order valence-electron chi connectivity index (χ4n) is 5.23. The first-order valence-electron chi connectivity index (χ1n) is 11.7. The molecule has 5 rings (SSSR count). The van der Waals surface area contributed by atoms with Crippen LogP contribution < -0.4 is 4.74 Å². The summed E-state index contributed by atoms with van der Waals surface area (Å²) < 4.78 is 5.32. The van der Waals surface area contributed by atoms with Crippen molar-refractivity contribution in [2.24, 2.45) is 16.9 Å². The average Bonchev–Trinajstić information content (AvgIpc) is 2.86. The van der Waals surface area contributed by atoms with E-state index in [1.807, 2.05) is 30.6 Å². The molecule has 34 heavy (non-hydrogen) atoms. The van der Waals surface area contributed by atoms with Gasteiger partial charge in [0.1, 0.15) is 5.75 Å². The van der Waals surface area contributed by atoms with E-state index in [-0.39, 0.29) is 36.2 Å². The van der Waals surface area contributed by atoms with E-state index < -0.39 is 0 Å². The van der Waals surface area contributed by atoms with Crippen LogP contribution in [0, 0.1) is 11.8 Å². The van der Waals surface area contributed by atoms with Crippen LogP contribution in [0.15, 0.2) is 60.0 Å². The molecule has 2 aromatic rings. The molecule has 1 amide bonds. The van der Waals surface area contributed by atoms with E-state index in [0.717, 1.165) is 56.6 Å². The molecule has 8 heteroatoms. The molecule has 0 spiro atoms. The number of aromatic nitrogens is 1. The van der Waals surface area contributed by atoms with E-state index in [2.05, 4.69) is 34.2 Å². The number of hydrogen-bond acceptors (Lipinski definition) is 5. The fourth-order valence-corrected chi connectivity index (χ4v) is 5.48. The van der Waals surface area contributed by atoms with Crippen LogP contribution in [0.2, 0.25) is 5.02 Å². The number of likely N-dealkylation sites (tertiary alicyclic amines) is 1. The molecule has 1 saturated heterocycles. The molecule has 3 heterocycles. The Morgan fingerprint density at radius 3 is 2.44 bits per heavy atom. The number of amides is 1. The topological polar surface area (TPSA) is 58.0 Å². The Balaban J connectivity index is 0.00000274. The van der Waals surface area contributed by atoms with Gasteiger partial charge in [-0.1, -0.05) is 23.8 Å². The molecule has 0 N–H and O–H groups in total. The van der Waals surface area contributed by atoms with Crippen LogP contribution in [0.5, 0.6) is 5.75 Å². The number of allylic oxidation sites excluding steroid dienone is 2. The zero-order valence-corrected chi connectivity index (χ0v) is 20.8. The first-order valence-corrected chi connectivity index (χ1v) is 12.0. The highest BCUT2D eigenvalue weighted by Gasteiger charge is 2.42. The first kappa shape index (κ1) is 24.7. The van der Waals surface area contributed by atoms with Gasteiger partial charge in [0.05, 0.1) is 29.8 Å². The second kappa shape index (κ2) is 10.9. The van der Waals surface area contributed by atoms with Gasteiger partial charge in [0.2, 0.25) is 5.91 Å². The number of carbonyl (C=O) groups is 1. The molecular formula is C26H30Cl2N4O2. The summed E-state index contributed by atoms with van der Waals surface area (Å²) in [5, 5.41) is 7.35. The number of rotatable bonds is 5. The second-order valence-corrected chi connectivity index (χ2v) is 9.44. The van der Waals surface area contributed by atoms with Gasteiger partial charge in [0.15, 0.2) is 0 Å². The highest BCUT2D eigenvalue weighted by Crippen LogP contribution is 2.37. The number of methoxy groups -OCH3 is 1. The molecule has 1 aromatic heterocycles. The summed E-state index contributed by atoms with van der Waals surface area (Å²) in [5.41, 5.74) is 3.21. The molecule has 2 atom stereocenters. The van der Waals surface area contributed by atoms with Crippen molar-refractivity contribution in [1.82, 2.24) is 14.9 Å². The van der Waals surface area contributed by atoms with Crippen LogP contribution in [-0.2, 0) is 11.3 Å². The zero-order valence-electron chi connectivity index (χ0n) is 19.3. The van der Waals surface area contributed by atoms with Crippen LogP contribution in [0.25, 0.3) is 0 Å². The van der Waals surface area contributed by atoms with E-state index >= 15 is 0 Å². The molecule has 1 aliphatic carbocycles. The smallest absolute Gasteiger partial charge is 0.247 e. The van der Waals surface area contributed by atoms with Crippen molar-refractivity contribution in [2.75, 3.05) is 20.2 Å². The number of fused-ring (bicyclic) bond motifs is 1. The monoisotopic (exact) mass is 500 g/mol. The van der Waals surface area contributed by atoms with Crippen molar-refractivity contribution in [3.63, 3.8) is 0 Å². The highest BCUT2D eigenvalue weighted by molar-refractivity contribution is 6.32. The van der Waals surface area contributed by atoms with Crippen LogP contribution in [-0.4, -0.2) is 52.8 Å². The maximum Gasteiger partial charge on any atom is 0.247 e. The largest absolute Gasteiger partial charge is 0.495 e. The van der Waals surface area contributed by atoms with Gasteiger partial charge in [-0.05, 0) is 67.1 Å². The molecule has 1 fully saturated rings. The Bertz CT molecular complexity index is 1070. The molecule has 1 aromatic carbocycles. The summed E-state index contributed by atoms with van der Waals surface area (Å²) in [5.74, 6) is 0.847. The molecule has 0 saturated carbocycles. The lowest BCUT2D eigenvalue weighted by Gasteiger charge is -2.42. The van der Waals surface area contributed by atoms with E-state index in [4.69, 9.17) is 21.4 Å². The Labute approximate surface area is 212 Å². The minimum Gasteiger partial charge on any atom is -0.495 e. The Morgan fingerprint density at radius 2 is 1.76 bits per heavy atom. The zero-order chi connectivity index (χ0) is 22.8. The number of ether oxygens (including phenoxy) is 1. The second-order valence-electron chi connectivity index (χ2n) is 9.04. The predicted octanol–water partition coefficient (Wildman–Crippen LogP) is 4.96. The van der Waals surface area contributed by atoms with Crippen LogP contribution in [0.3, 0.4) is 0 Å². The number of benzene rings is 1. The third-order valence-corrected chi connectivity index (χ3v) is 7.34. The molecule has 2 aliphatic heterocycles. The maximum absolute atomic E-state index is 13.5. The lowest BCUT2D eigenvalue weighted by Crippen LogP contribution is -2.52. The number of halogens is 2. The predicted molar refractivity (Wildman–Crippen MR) is 137 cm³/mol. The van der Waals surface area contributed by atoms with Crippen molar-refractivity contribution in [3.8, 4) is 5.75 Å². The SMILES string of the molecule is COc1ccc(C2=NN(C3CCN(Cc4ccncc4)CC3)C(=O)[C@H]3CC=CC[C@@H]23)cc1Cl.Cl. The fraction of sp³-hybridized carbons (Fsp3) is 0.423. The standard InChI is InChI=1S/C26H29ClN4O2.ClH/c1-33-24-7-6-19(16-23(24)27)25-21-4-2-3-5-22(21)26(32)31(29-25)20-10-14-30(15-11-20)17-18-8-12-28-13-9-18;/h2-3,6-9,12-13,16,20-22H,4-5,10-11,14-15,17H2,1H3;1H/t21-,22+;/m1./s1. The average molecular weight is 501 g/mol. The lowest BCUT2D eigenvalue weighted by molar-refractivity contribution is -0.141. The Kier molecular flexibility index (Phi) is 7.91. The molecule has 3 aliphatic rings. The molecule has 0 unspecified atom stereocenters. The van der Waals surface area contributed by atoms with Gasteiger partial charge in [-0.25, -0.2) is 5.01 Å². The highest BCUT2D eigenvalue weighted by atomic mass is 35.5. The summed E-state index contributed by atoms with van der Waals surface area (Å²) in [4.78, 5) is 20.0. The summed E-state index contributed by atoms with van der Waals surface area (Å²) in [6.07, 6.45) is 11.4. The Morgan fingerprint density at radius 1 is 1.06 bits per heavy atom. The Hall–Kier alpha value is -2.41. The molecule has 0 bridgehead atoms. The minimum atomic E-state index is -0.0572. The third-order valence-electron chi connectivity index (χ3n) is 7.05. The first-order chi connectivity index (χ1) is 16.1. The summed E-state index contributed by atoms with van der Waals surface area (Å²) >= 11 is 6.44. The van der Waals surface area contributed by atoms with E-state index in [9.17, 15) is 4.79 Å². The van der Waals surface area contributed by atoms with Crippen LogP contribution in [0.1, 0.15) is 36.8 Å². The quantitative estimate of drug-likeness (QED) is 0.544. The van der Waals surface area contributed by atoms with E-state index in [1.165, 1.54) is 5.56 Å². The molecule has 0 radical (unpaired) electrons. The van der Waals surface area contributed by atoms with Crippen molar-refractivity contribution >= 4 is 35.6 Å². The van der Waals surface area contributed by atoms with Crippen LogP contribution >= 0.6 is 24.0 Å². The molecule has 6 nitrogen and oxygen atoms in total. The van der Waals surface area contributed by atoms with Gasteiger partial charge in [-0.2, -0.15) is 5.10 Å². The number of pyridine rings is 1. The molecular weight excluding hydrogens is 471 g/mol. The number of hydrogen-bond donors (Lipinski definition) is 0. The maximum atomic E-state index is 13.5. The van der Waals surface area contributed by atoms with E-state index in [0.29, 0.717) is 10.8 Å². The normalized spacial score (nSPS) is 23.2. The number of hydrazone groups is 1. The van der Waals surface area contributed by atoms with Gasteiger partial charge in [-0.3, -0.25) is 14.7 Å². The summed E-state index contributed by atoms with van der Waals surface area (Å²) in [6.45, 7) is 2.81. The van der Waals surface area contributed by atoms with Crippen molar-refractivity contribution in [2.45, 2.75) is 38.3 Å². The number of carbonyl (C=O) groups excluding carboxylic acids is 1. The van der Waals surface area contributed by atoms with Gasteiger partial charge >= 0.3 is 0 Å². The van der Waals surface area contributed by atoms with Gasteiger partial charge < -0.3 is 4.74 Å². The molecule has 180 valence electrons. The number of piperidine rings is 1. The summed E-state index contributed by atoms with van der Waals surface area (Å²) in [7, 11) is 1.61. The van der Waals surface area contributed by atoms with Crippen molar-refractivity contribution < 1.29 is 9.53 Å². The number of nitrogens with zero attached hydrogens (tertiary/aromatic N) is 4. The third kappa shape index (κ3) is 4.99. The minimum absolute atomic E-state index is 0. The van der Waals surface area contributed by atoms with Crippen molar-refractivity contribution in [1.29, 1.82) is 0 Å². The summed E-state index contributed by atoms with van der Waals surface area (Å²) in [6, 6.07) is 10.1. The van der Waals surface area contributed by atoms with Gasteiger partial charge in [-0.15, -0.1) is 12.4 Å². The van der Waals surface area contributed by atoms with Gasteiger partial charge in [0.25, 0.3) is 0 Å². The van der Waals surface area contributed by atoms with Crippen LogP contribution in [0.4, 0.5) is 0 Å². The van der Waals surface area contributed by atoms with Gasteiger partial charge in [0, 0.05) is 37.9 Å².